The predicted octanol–water partition coefficient (Wildman–Crippen LogP) is 2.80. The summed E-state index contributed by atoms with van der Waals surface area (Å²) in [6, 6.07) is 0. The Hall–Kier alpha value is -0.990. The summed E-state index contributed by atoms with van der Waals surface area (Å²) in [5, 5.41) is 12.6. The average Bonchev–Trinajstić information content (AvgIpc) is 2.37. The molecule has 0 aromatic rings. The van der Waals surface area contributed by atoms with Gasteiger partial charge in [-0.1, -0.05) is 25.9 Å². The summed E-state index contributed by atoms with van der Waals surface area (Å²) in [6.45, 7) is 6.66. The van der Waals surface area contributed by atoms with Gasteiger partial charge in [-0.3, -0.25) is 0 Å². The average molecular weight is 209 g/mol. The number of fused-ring (bicyclic) bond motifs is 2. The molecule has 3 nitrogen and oxygen atoms in total. The van der Waals surface area contributed by atoms with E-state index in [9.17, 15) is 0 Å². The fourth-order valence-electron chi connectivity index (χ4n) is 3.19. The lowest BCUT2D eigenvalue weighted by Gasteiger charge is -2.44. The standard InChI is InChI=1S/C12H19NO2/c1-11(2)8-5-6-12(11,3)10(13-14)7-9(8)15-4/h7-8,14H,5-6H2,1-4H3/b13-10-/t8-,12+/m0/s1. The third-order valence-corrected chi connectivity index (χ3v) is 4.76. The molecule has 1 N–H and O–H groups in total. The van der Waals surface area contributed by atoms with Crippen molar-refractivity contribution in [1.82, 2.24) is 0 Å². The molecule has 2 rings (SSSR count). The summed E-state index contributed by atoms with van der Waals surface area (Å²) in [4.78, 5) is 0. The van der Waals surface area contributed by atoms with Gasteiger partial charge in [0.1, 0.15) is 5.76 Å². The van der Waals surface area contributed by atoms with Crippen LogP contribution in [0.25, 0.3) is 0 Å². The van der Waals surface area contributed by atoms with Crippen LogP contribution in [0.4, 0.5) is 0 Å². The Kier molecular flexibility index (Phi) is 2.11. The number of methoxy groups -OCH3 is 1. The molecule has 0 amide bonds. The van der Waals surface area contributed by atoms with Crippen molar-refractivity contribution in [3.8, 4) is 0 Å². The monoisotopic (exact) mass is 209 g/mol. The van der Waals surface area contributed by atoms with E-state index in [1.807, 2.05) is 6.08 Å². The van der Waals surface area contributed by atoms with Crippen LogP contribution in [0, 0.1) is 16.7 Å². The van der Waals surface area contributed by atoms with Crippen molar-refractivity contribution in [2.24, 2.45) is 21.9 Å². The van der Waals surface area contributed by atoms with Crippen molar-refractivity contribution in [3.63, 3.8) is 0 Å². The molecule has 0 aromatic heterocycles. The van der Waals surface area contributed by atoms with Crippen molar-refractivity contribution >= 4 is 5.71 Å². The lowest BCUT2D eigenvalue weighted by molar-refractivity contribution is 0.111. The predicted molar refractivity (Wildman–Crippen MR) is 58.9 cm³/mol. The van der Waals surface area contributed by atoms with Gasteiger partial charge in [-0.25, -0.2) is 0 Å². The minimum absolute atomic E-state index is 0.0194. The first-order chi connectivity index (χ1) is 6.97. The molecule has 0 radical (unpaired) electrons. The number of oxime groups is 1. The second kappa shape index (κ2) is 3.00. The van der Waals surface area contributed by atoms with Gasteiger partial charge in [0.2, 0.25) is 0 Å². The van der Waals surface area contributed by atoms with Crippen molar-refractivity contribution in [1.29, 1.82) is 0 Å². The highest BCUT2D eigenvalue weighted by Crippen LogP contribution is 2.61. The normalized spacial score (nSPS) is 40.4. The molecule has 0 spiro atoms. The Bertz CT molecular complexity index is 344. The molecule has 0 saturated heterocycles. The molecule has 2 atom stereocenters. The molecule has 3 heteroatoms. The van der Waals surface area contributed by atoms with E-state index >= 15 is 0 Å². The summed E-state index contributed by atoms with van der Waals surface area (Å²) in [7, 11) is 1.69. The SMILES string of the molecule is COC1=C/C(=N/O)[C@@]2(C)CC[C@@H]1C2(C)C. The molecule has 1 saturated carbocycles. The van der Waals surface area contributed by atoms with E-state index in [0.717, 1.165) is 24.3 Å². The number of rotatable bonds is 1. The third kappa shape index (κ3) is 1.09. The maximum absolute atomic E-state index is 9.11. The Morgan fingerprint density at radius 3 is 2.67 bits per heavy atom. The molecule has 0 unspecified atom stereocenters. The van der Waals surface area contributed by atoms with Crippen LogP contribution in [0.1, 0.15) is 33.6 Å². The van der Waals surface area contributed by atoms with E-state index in [1.54, 1.807) is 7.11 Å². The quantitative estimate of drug-likeness (QED) is 0.533. The number of hydrogen-bond acceptors (Lipinski definition) is 3. The first kappa shape index (κ1) is 10.5. The largest absolute Gasteiger partial charge is 0.501 e. The van der Waals surface area contributed by atoms with Crippen molar-refractivity contribution in [3.05, 3.63) is 11.8 Å². The van der Waals surface area contributed by atoms with Gasteiger partial charge in [0, 0.05) is 17.4 Å². The lowest BCUT2D eigenvalue weighted by atomic mass is 9.60. The number of allylic oxidation sites excluding steroid dienone is 2. The summed E-state index contributed by atoms with van der Waals surface area (Å²) in [5.74, 6) is 1.42. The highest BCUT2D eigenvalue weighted by atomic mass is 16.5. The third-order valence-electron chi connectivity index (χ3n) is 4.76. The van der Waals surface area contributed by atoms with Crippen LogP contribution in [-0.2, 0) is 4.74 Å². The van der Waals surface area contributed by atoms with Gasteiger partial charge in [-0.15, -0.1) is 0 Å². The minimum atomic E-state index is -0.0194. The highest BCUT2D eigenvalue weighted by molar-refractivity contribution is 6.01. The molecule has 2 aliphatic rings. The number of hydrogen-bond donors (Lipinski definition) is 1. The molecule has 84 valence electrons. The van der Waals surface area contributed by atoms with Gasteiger partial charge in [-0.2, -0.15) is 0 Å². The number of nitrogens with zero attached hydrogens (tertiary/aromatic N) is 1. The van der Waals surface area contributed by atoms with Crippen LogP contribution in [0.2, 0.25) is 0 Å². The maximum atomic E-state index is 9.11. The van der Waals surface area contributed by atoms with Gasteiger partial charge < -0.3 is 9.94 Å². The Balaban J connectivity index is 2.57. The molecular formula is C12H19NO2. The zero-order valence-corrected chi connectivity index (χ0v) is 9.87. The van der Waals surface area contributed by atoms with Crippen molar-refractivity contribution < 1.29 is 9.94 Å². The van der Waals surface area contributed by atoms with Crippen LogP contribution >= 0.6 is 0 Å². The van der Waals surface area contributed by atoms with Gasteiger partial charge in [0.05, 0.1) is 12.8 Å². The van der Waals surface area contributed by atoms with Gasteiger partial charge in [-0.05, 0) is 18.3 Å². The van der Waals surface area contributed by atoms with Gasteiger partial charge in [0.25, 0.3) is 0 Å². The molecule has 0 aromatic carbocycles. The van der Waals surface area contributed by atoms with E-state index in [-0.39, 0.29) is 10.8 Å². The van der Waals surface area contributed by atoms with E-state index in [2.05, 4.69) is 25.9 Å². The number of ether oxygens (including phenoxy) is 1. The summed E-state index contributed by atoms with van der Waals surface area (Å²) in [5.41, 5.74) is 0.849. The summed E-state index contributed by atoms with van der Waals surface area (Å²) >= 11 is 0. The van der Waals surface area contributed by atoms with E-state index < -0.39 is 0 Å². The minimum Gasteiger partial charge on any atom is -0.501 e. The fraction of sp³-hybridized carbons (Fsp3) is 0.750. The second-order valence-electron chi connectivity index (χ2n) is 5.38. The fourth-order valence-corrected chi connectivity index (χ4v) is 3.19. The molecule has 0 aliphatic heterocycles. The van der Waals surface area contributed by atoms with Crippen molar-refractivity contribution in [2.45, 2.75) is 33.6 Å². The highest BCUT2D eigenvalue weighted by Gasteiger charge is 2.58. The first-order valence-electron chi connectivity index (χ1n) is 5.45. The Morgan fingerprint density at radius 1 is 1.47 bits per heavy atom. The Labute approximate surface area is 90.8 Å². The molecule has 1 fully saturated rings. The van der Waals surface area contributed by atoms with Gasteiger partial charge >= 0.3 is 0 Å². The van der Waals surface area contributed by atoms with Crippen LogP contribution in [0.5, 0.6) is 0 Å². The topological polar surface area (TPSA) is 41.8 Å². The zero-order valence-electron chi connectivity index (χ0n) is 9.87. The second-order valence-corrected chi connectivity index (χ2v) is 5.38. The van der Waals surface area contributed by atoms with Crippen LogP contribution in [-0.4, -0.2) is 18.0 Å². The summed E-state index contributed by atoms with van der Waals surface area (Å²) < 4.78 is 5.40. The smallest absolute Gasteiger partial charge is 0.101 e. The van der Waals surface area contributed by atoms with Crippen LogP contribution in [0.3, 0.4) is 0 Å². The lowest BCUT2D eigenvalue weighted by Crippen LogP contribution is -2.44. The van der Waals surface area contributed by atoms with Gasteiger partial charge in [0.15, 0.2) is 0 Å². The van der Waals surface area contributed by atoms with E-state index in [0.29, 0.717) is 5.92 Å². The molecule has 15 heavy (non-hydrogen) atoms. The zero-order chi connectivity index (χ0) is 11.3. The maximum Gasteiger partial charge on any atom is 0.101 e. The van der Waals surface area contributed by atoms with E-state index in [1.165, 1.54) is 0 Å². The molecule has 2 bridgehead atoms. The summed E-state index contributed by atoms with van der Waals surface area (Å²) in [6.07, 6.45) is 4.08. The Morgan fingerprint density at radius 2 is 2.13 bits per heavy atom. The molecule has 0 heterocycles. The van der Waals surface area contributed by atoms with Crippen LogP contribution < -0.4 is 0 Å². The molecular weight excluding hydrogens is 190 g/mol. The molecule has 2 aliphatic carbocycles. The van der Waals surface area contributed by atoms with Crippen molar-refractivity contribution in [2.75, 3.05) is 7.11 Å². The van der Waals surface area contributed by atoms with E-state index in [4.69, 9.17) is 9.94 Å². The van der Waals surface area contributed by atoms with Crippen LogP contribution in [0.15, 0.2) is 17.0 Å². The first-order valence-corrected chi connectivity index (χ1v) is 5.45.